The molecular weight excluding hydrogens is 230 g/mol. The van der Waals surface area contributed by atoms with Crippen LogP contribution in [-0.2, 0) is 6.42 Å². The fraction of sp³-hybridized carbons (Fsp3) is 0.667. The Hall–Kier alpha value is -0.820. The maximum atomic E-state index is 3.74. The summed E-state index contributed by atoms with van der Waals surface area (Å²) in [7, 11) is 0. The van der Waals surface area contributed by atoms with Crippen molar-refractivity contribution in [3.8, 4) is 0 Å². The molecule has 2 rings (SSSR count). The lowest BCUT2D eigenvalue weighted by Gasteiger charge is -2.24. The number of hydrogen-bond acceptors (Lipinski definition) is 1. The minimum Gasteiger partial charge on any atom is -0.314 e. The highest BCUT2D eigenvalue weighted by molar-refractivity contribution is 5.22. The summed E-state index contributed by atoms with van der Waals surface area (Å²) in [5.74, 6) is 0.940. The van der Waals surface area contributed by atoms with Crippen molar-refractivity contribution in [3.63, 3.8) is 0 Å². The summed E-state index contributed by atoms with van der Waals surface area (Å²) in [6, 6.07) is 9.55. The molecule has 1 saturated carbocycles. The summed E-state index contributed by atoms with van der Waals surface area (Å²) in [4.78, 5) is 0. The zero-order valence-corrected chi connectivity index (χ0v) is 12.6. The normalized spacial score (nSPS) is 18.4. The van der Waals surface area contributed by atoms with E-state index in [2.05, 4.69) is 43.4 Å². The van der Waals surface area contributed by atoms with Crippen molar-refractivity contribution in [2.24, 2.45) is 5.92 Å². The van der Waals surface area contributed by atoms with Crippen LogP contribution in [0.4, 0.5) is 0 Å². The zero-order valence-electron chi connectivity index (χ0n) is 12.6. The minimum atomic E-state index is 0.641. The van der Waals surface area contributed by atoms with E-state index in [4.69, 9.17) is 0 Å². The van der Waals surface area contributed by atoms with Crippen molar-refractivity contribution in [3.05, 3.63) is 35.4 Å². The van der Waals surface area contributed by atoms with Crippen LogP contribution >= 0.6 is 0 Å². The molecule has 1 unspecified atom stereocenters. The van der Waals surface area contributed by atoms with E-state index in [0.717, 1.165) is 5.92 Å². The van der Waals surface area contributed by atoms with Crippen LogP contribution in [0.3, 0.4) is 0 Å². The van der Waals surface area contributed by atoms with Gasteiger partial charge in [0, 0.05) is 6.04 Å². The second kappa shape index (κ2) is 7.69. The van der Waals surface area contributed by atoms with Gasteiger partial charge in [0.15, 0.2) is 0 Å². The quantitative estimate of drug-likeness (QED) is 0.794. The second-order valence-electron chi connectivity index (χ2n) is 6.34. The Kier molecular flexibility index (Phi) is 5.91. The molecular formula is C18H29N. The summed E-state index contributed by atoms with van der Waals surface area (Å²) >= 11 is 0. The Labute approximate surface area is 118 Å². The molecule has 1 aliphatic rings. The molecule has 0 heterocycles. The van der Waals surface area contributed by atoms with Gasteiger partial charge in [0.1, 0.15) is 0 Å². The molecule has 0 aromatic heterocycles. The summed E-state index contributed by atoms with van der Waals surface area (Å²) in [5, 5.41) is 3.74. The van der Waals surface area contributed by atoms with Gasteiger partial charge in [0.05, 0.1) is 0 Å². The molecule has 19 heavy (non-hydrogen) atoms. The lowest BCUT2D eigenvalue weighted by molar-refractivity contribution is 0.327. The minimum absolute atomic E-state index is 0.641. The second-order valence-corrected chi connectivity index (χ2v) is 6.34. The van der Waals surface area contributed by atoms with Gasteiger partial charge in [-0.05, 0) is 57.6 Å². The Balaban J connectivity index is 1.65. The summed E-state index contributed by atoms with van der Waals surface area (Å²) < 4.78 is 0. The van der Waals surface area contributed by atoms with E-state index in [1.54, 1.807) is 0 Å². The fourth-order valence-corrected chi connectivity index (χ4v) is 3.11. The van der Waals surface area contributed by atoms with Crippen molar-refractivity contribution in [2.45, 2.75) is 64.8 Å². The molecule has 0 bridgehead atoms. The molecule has 1 aromatic carbocycles. The van der Waals surface area contributed by atoms with E-state index in [9.17, 15) is 0 Å². The van der Waals surface area contributed by atoms with Gasteiger partial charge in [-0.1, -0.05) is 49.1 Å². The first-order valence-electron chi connectivity index (χ1n) is 8.03. The van der Waals surface area contributed by atoms with E-state index in [1.165, 1.54) is 62.6 Å². The third kappa shape index (κ3) is 5.36. The van der Waals surface area contributed by atoms with E-state index in [1.807, 2.05) is 0 Å². The Bertz CT molecular complexity index is 366. The zero-order chi connectivity index (χ0) is 13.5. The van der Waals surface area contributed by atoms with Crippen molar-refractivity contribution >= 4 is 0 Å². The van der Waals surface area contributed by atoms with Gasteiger partial charge >= 0.3 is 0 Å². The molecule has 1 atom stereocenters. The van der Waals surface area contributed by atoms with E-state index < -0.39 is 0 Å². The van der Waals surface area contributed by atoms with Gasteiger partial charge < -0.3 is 5.32 Å². The van der Waals surface area contributed by atoms with Crippen LogP contribution in [0.15, 0.2) is 24.3 Å². The van der Waals surface area contributed by atoms with Crippen LogP contribution in [0.25, 0.3) is 0 Å². The maximum Gasteiger partial charge on any atom is 0.00420 e. The lowest BCUT2D eigenvalue weighted by Crippen LogP contribution is -2.32. The molecule has 1 aromatic rings. The van der Waals surface area contributed by atoms with Crippen molar-refractivity contribution in [2.75, 3.05) is 6.54 Å². The molecule has 0 aliphatic heterocycles. The molecule has 106 valence electrons. The van der Waals surface area contributed by atoms with Gasteiger partial charge in [0.2, 0.25) is 0 Å². The number of rotatable bonds is 6. The Morgan fingerprint density at radius 1 is 1.21 bits per heavy atom. The molecule has 1 aliphatic carbocycles. The first kappa shape index (κ1) is 14.6. The number of nitrogens with one attached hydrogen (secondary N) is 1. The molecule has 1 N–H and O–H groups in total. The van der Waals surface area contributed by atoms with Gasteiger partial charge in [-0.3, -0.25) is 0 Å². The van der Waals surface area contributed by atoms with Crippen LogP contribution < -0.4 is 5.32 Å². The monoisotopic (exact) mass is 259 g/mol. The SMILES string of the molecule is Cc1cccc(CCC(C)NCC2CCCCC2)c1. The van der Waals surface area contributed by atoms with E-state index in [0.29, 0.717) is 6.04 Å². The van der Waals surface area contributed by atoms with Crippen LogP contribution in [0, 0.1) is 12.8 Å². The highest BCUT2D eigenvalue weighted by Crippen LogP contribution is 2.23. The van der Waals surface area contributed by atoms with Crippen molar-refractivity contribution in [1.82, 2.24) is 5.32 Å². The van der Waals surface area contributed by atoms with Crippen LogP contribution in [0.5, 0.6) is 0 Å². The van der Waals surface area contributed by atoms with Crippen LogP contribution in [0.2, 0.25) is 0 Å². The van der Waals surface area contributed by atoms with Crippen LogP contribution in [-0.4, -0.2) is 12.6 Å². The Morgan fingerprint density at radius 2 is 2.00 bits per heavy atom. The number of hydrogen-bond donors (Lipinski definition) is 1. The standard InChI is InChI=1S/C18H29N/c1-15-7-6-10-17(13-15)12-11-16(2)19-14-18-8-4-3-5-9-18/h6-7,10,13,16,18-19H,3-5,8-9,11-12,14H2,1-2H3. The predicted molar refractivity (Wildman–Crippen MR) is 83.5 cm³/mol. The third-order valence-corrected chi connectivity index (χ3v) is 4.43. The maximum absolute atomic E-state index is 3.74. The first-order chi connectivity index (χ1) is 9.24. The first-order valence-corrected chi connectivity index (χ1v) is 8.03. The van der Waals surface area contributed by atoms with E-state index >= 15 is 0 Å². The average molecular weight is 259 g/mol. The third-order valence-electron chi connectivity index (χ3n) is 4.43. The molecule has 0 saturated heterocycles. The molecule has 1 fully saturated rings. The molecule has 0 radical (unpaired) electrons. The lowest BCUT2D eigenvalue weighted by atomic mass is 9.89. The Morgan fingerprint density at radius 3 is 2.74 bits per heavy atom. The highest BCUT2D eigenvalue weighted by atomic mass is 14.9. The van der Waals surface area contributed by atoms with E-state index in [-0.39, 0.29) is 0 Å². The predicted octanol–water partition coefficient (Wildman–Crippen LogP) is 4.49. The molecule has 0 spiro atoms. The van der Waals surface area contributed by atoms with Gasteiger partial charge in [-0.15, -0.1) is 0 Å². The highest BCUT2D eigenvalue weighted by Gasteiger charge is 2.13. The van der Waals surface area contributed by atoms with Crippen molar-refractivity contribution < 1.29 is 0 Å². The average Bonchev–Trinajstić information content (AvgIpc) is 2.44. The van der Waals surface area contributed by atoms with Gasteiger partial charge in [-0.2, -0.15) is 0 Å². The fourth-order valence-electron chi connectivity index (χ4n) is 3.11. The van der Waals surface area contributed by atoms with Gasteiger partial charge in [0.25, 0.3) is 0 Å². The number of aryl methyl sites for hydroxylation is 2. The largest absolute Gasteiger partial charge is 0.314 e. The van der Waals surface area contributed by atoms with Gasteiger partial charge in [-0.25, -0.2) is 0 Å². The van der Waals surface area contributed by atoms with Crippen molar-refractivity contribution in [1.29, 1.82) is 0 Å². The smallest absolute Gasteiger partial charge is 0.00420 e. The molecule has 1 heteroatoms. The van der Waals surface area contributed by atoms with Crippen LogP contribution in [0.1, 0.15) is 56.6 Å². The topological polar surface area (TPSA) is 12.0 Å². The molecule has 1 nitrogen and oxygen atoms in total. The summed E-state index contributed by atoms with van der Waals surface area (Å²) in [6.45, 7) is 5.74. The molecule has 0 amide bonds. The summed E-state index contributed by atoms with van der Waals surface area (Å²) in [6.07, 6.45) is 9.68. The number of benzene rings is 1. The summed E-state index contributed by atoms with van der Waals surface area (Å²) in [5.41, 5.74) is 2.85.